The van der Waals surface area contributed by atoms with Gasteiger partial charge in [0.25, 0.3) is 17.1 Å². The van der Waals surface area contributed by atoms with Gasteiger partial charge in [-0.05, 0) is 94.6 Å². The van der Waals surface area contributed by atoms with Crippen molar-refractivity contribution in [1.82, 2.24) is 4.90 Å². The molecule has 196 valence electrons. The summed E-state index contributed by atoms with van der Waals surface area (Å²) in [7, 11) is 0. The van der Waals surface area contributed by atoms with Gasteiger partial charge < -0.3 is 14.8 Å². The van der Waals surface area contributed by atoms with E-state index in [2.05, 4.69) is 21.2 Å². The summed E-state index contributed by atoms with van der Waals surface area (Å²) >= 11 is 10.6. The fourth-order valence-electron chi connectivity index (χ4n) is 3.72. The molecule has 10 heteroatoms. The van der Waals surface area contributed by atoms with Crippen LogP contribution >= 0.6 is 39.3 Å². The third kappa shape index (κ3) is 6.78. The van der Waals surface area contributed by atoms with E-state index in [0.717, 1.165) is 17.3 Å². The average molecular weight is 616 g/mol. The molecule has 1 aliphatic rings. The van der Waals surface area contributed by atoms with Crippen LogP contribution in [0.3, 0.4) is 0 Å². The van der Waals surface area contributed by atoms with Crippen LogP contribution in [0.2, 0.25) is 5.02 Å². The first-order chi connectivity index (χ1) is 18.2. The number of aryl methyl sites for hydroxylation is 1. The summed E-state index contributed by atoms with van der Waals surface area (Å²) in [5.41, 5.74) is 3.02. The van der Waals surface area contributed by atoms with Gasteiger partial charge in [0, 0.05) is 10.7 Å². The normalized spacial score (nSPS) is 14.2. The Hall–Kier alpha value is -3.27. The first-order valence-electron chi connectivity index (χ1n) is 11.7. The zero-order valence-corrected chi connectivity index (χ0v) is 23.8. The Kier molecular flexibility index (Phi) is 9.14. The molecule has 3 aromatic carbocycles. The maximum absolute atomic E-state index is 13.0. The number of ether oxygens (including phenoxy) is 2. The summed E-state index contributed by atoms with van der Waals surface area (Å²) < 4.78 is 12.1. The van der Waals surface area contributed by atoms with Crippen LogP contribution in [0, 0.1) is 6.92 Å². The summed E-state index contributed by atoms with van der Waals surface area (Å²) in [6, 6.07) is 18.0. The molecule has 0 saturated carbocycles. The van der Waals surface area contributed by atoms with E-state index in [9.17, 15) is 14.4 Å². The molecule has 0 radical (unpaired) electrons. The molecule has 3 amide bonds. The quantitative estimate of drug-likeness (QED) is 0.259. The highest BCUT2D eigenvalue weighted by molar-refractivity contribution is 9.10. The molecule has 0 bridgehead atoms. The highest BCUT2D eigenvalue weighted by atomic mass is 79.9. The first-order valence-corrected chi connectivity index (χ1v) is 13.7. The Morgan fingerprint density at radius 1 is 1.11 bits per heavy atom. The summed E-state index contributed by atoms with van der Waals surface area (Å²) in [4.78, 5) is 39.5. The highest BCUT2D eigenvalue weighted by Gasteiger charge is 2.35. The molecule has 0 spiro atoms. The molecule has 0 unspecified atom stereocenters. The number of halogens is 2. The molecular formula is C28H24BrClN2O5S. The van der Waals surface area contributed by atoms with Crippen LogP contribution in [-0.2, 0) is 16.1 Å². The lowest BCUT2D eigenvalue weighted by molar-refractivity contribution is -0.123. The fraction of sp³-hybridized carbons (Fsp3) is 0.179. The monoisotopic (exact) mass is 614 g/mol. The lowest BCUT2D eigenvalue weighted by atomic mass is 10.1. The van der Waals surface area contributed by atoms with E-state index in [-0.39, 0.29) is 29.2 Å². The zero-order valence-electron chi connectivity index (χ0n) is 20.6. The van der Waals surface area contributed by atoms with Gasteiger partial charge in [-0.3, -0.25) is 19.3 Å². The number of nitrogens with one attached hydrogen (secondary N) is 1. The molecule has 1 aliphatic heterocycles. The number of nitrogens with zero attached hydrogens (tertiary/aromatic N) is 1. The van der Waals surface area contributed by atoms with Gasteiger partial charge in [0.2, 0.25) is 0 Å². The number of thioether (sulfide) groups is 1. The molecular weight excluding hydrogens is 592 g/mol. The van der Waals surface area contributed by atoms with Crippen LogP contribution in [0.1, 0.15) is 23.6 Å². The number of benzene rings is 3. The molecule has 7 nitrogen and oxygen atoms in total. The van der Waals surface area contributed by atoms with Crippen LogP contribution in [0.4, 0.5) is 10.5 Å². The Labute approximate surface area is 238 Å². The van der Waals surface area contributed by atoms with Crippen LogP contribution in [0.5, 0.6) is 11.5 Å². The van der Waals surface area contributed by atoms with Crippen molar-refractivity contribution in [1.29, 1.82) is 0 Å². The number of rotatable bonds is 9. The van der Waals surface area contributed by atoms with Crippen molar-refractivity contribution in [2.75, 3.05) is 18.5 Å². The molecule has 0 atom stereocenters. The van der Waals surface area contributed by atoms with Crippen molar-refractivity contribution in [3.63, 3.8) is 0 Å². The van der Waals surface area contributed by atoms with Gasteiger partial charge in [-0.15, -0.1) is 0 Å². The lowest BCUT2D eigenvalue weighted by Gasteiger charge is -2.15. The van der Waals surface area contributed by atoms with Crippen LogP contribution in [0.15, 0.2) is 70.0 Å². The molecule has 1 fully saturated rings. The van der Waals surface area contributed by atoms with Gasteiger partial charge >= 0.3 is 0 Å². The number of hydrogen-bond donors (Lipinski definition) is 1. The second kappa shape index (κ2) is 12.5. The van der Waals surface area contributed by atoms with Crippen molar-refractivity contribution < 1.29 is 23.9 Å². The Morgan fingerprint density at radius 3 is 2.63 bits per heavy atom. The minimum Gasteiger partial charge on any atom is -0.490 e. The lowest BCUT2D eigenvalue weighted by Crippen LogP contribution is -2.27. The fourth-order valence-corrected chi connectivity index (χ4v) is 5.32. The first kappa shape index (κ1) is 27.8. The van der Waals surface area contributed by atoms with Crippen molar-refractivity contribution in [2.45, 2.75) is 20.4 Å². The van der Waals surface area contributed by atoms with Crippen LogP contribution in [-0.4, -0.2) is 35.2 Å². The molecule has 0 aliphatic carbocycles. The highest BCUT2D eigenvalue weighted by Crippen LogP contribution is 2.39. The Bertz CT molecular complexity index is 1430. The summed E-state index contributed by atoms with van der Waals surface area (Å²) in [5.74, 6) is 0.0327. The van der Waals surface area contributed by atoms with Crippen molar-refractivity contribution >= 4 is 68.1 Å². The third-order valence-electron chi connectivity index (χ3n) is 5.44. The average Bonchev–Trinajstić information content (AvgIpc) is 3.12. The van der Waals surface area contributed by atoms with Crippen molar-refractivity contribution in [2.24, 2.45) is 0 Å². The van der Waals surface area contributed by atoms with Crippen molar-refractivity contribution in [3.05, 3.63) is 91.8 Å². The minimum atomic E-state index is -0.401. The topological polar surface area (TPSA) is 84.9 Å². The summed E-state index contributed by atoms with van der Waals surface area (Å²) in [6.07, 6.45) is 1.62. The number of anilines is 1. The number of carbonyl (C=O) groups excluding carboxylic acids is 3. The number of imide groups is 1. The smallest absolute Gasteiger partial charge is 0.293 e. The SMILES string of the molecule is CCOc1cc(/C=C2\SC(=O)N(Cc3ccccc3Cl)C2=O)cc(Br)c1OCC(=O)Nc1cccc(C)c1. The summed E-state index contributed by atoms with van der Waals surface area (Å²) in [5, 5.41) is 2.92. The van der Waals surface area contributed by atoms with Gasteiger partial charge in [-0.1, -0.05) is 41.9 Å². The zero-order chi connectivity index (χ0) is 27.2. The summed E-state index contributed by atoms with van der Waals surface area (Å²) in [6.45, 7) is 3.99. The molecule has 1 N–H and O–H groups in total. The van der Waals surface area contributed by atoms with E-state index < -0.39 is 5.91 Å². The van der Waals surface area contributed by atoms with Gasteiger partial charge in [0.1, 0.15) is 0 Å². The van der Waals surface area contributed by atoms with E-state index in [1.165, 1.54) is 4.90 Å². The van der Waals surface area contributed by atoms with Gasteiger partial charge in [-0.2, -0.15) is 0 Å². The third-order valence-corrected chi connectivity index (χ3v) is 7.30. The Balaban J connectivity index is 1.50. The predicted molar refractivity (Wildman–Crippen MR) is 154 cm³/mol. The molecule has 1 saturated heterocycles. The van der Waals surface area contributed by atoms with E-state index in [0.29, 0.717) is 44.4 Å². The Morgan fingerprint density at radius 2 is 1.89 bits per heavy atom. The molecule has 4 rings (SSSR count). The van der Waals surface area contributed by atoms with E-state index >= 15 is 0 Å². The van der Waals surface area contributed by atoms with Crippen LogP contribution < -0.4 is 14.8 Å². The molecule has 0 aromatic heterocycles. The predicted octanol–water partition coefficient (Wildman–Crippen LogP) is 7.06. The minimum absolute atomic E-state index is 0.0902. The second-order valence-electron chi connectivity index (χ2n) is 8.33. The van der Waals surface area contributed by atoms with Crippen molar-refractivity contribution in [3.8, 4) is 11.5 Å². The number of carbonyl (C=O) groups is 3. The van der Waals surface area contributed by atoms with E-state index in [4.69, 9.17) is 21.1 Å². The molecule has 1 heterocycles. The maximum atomic E-state index is 13.0. The second-order valence-corrected chi connectivity index (χ2v) is 10.6. The number of amides is 3. The molecule has 3 aromatic rings. The maximum Gasteiger partial charge on any atom is 0.293 e. The van der Waals surface area contributed by atoms with E-state index in [1.54, 1.807) is 48.5 Å². The molecule has 38 heavy (non-hydrogen) atoms. The largest absolute Gasteiger partial charge is 0.490 e. The van der Waals surface area contributed by atoms with E-state index in [1.807, 2.05) is 32.0 Å². The number of hydrogen-bond acceptors (Lipinski definition) is 6. The van der Waals surface area contributed by atoms with Crippen LogP contribution in [0.25, 0.3) is 6.08 Å². The van der Waals surface area contributed by atoms with Gasteiger partial charge in [-0.25, -0.2) is 0 Å². The van der Waals surface area contributed by atoms with Gasteiger partial charge in [0.05, 0.1) is 22.5 Å². The standard InChI is InChI=1S/C28H24BrClN2O5S/c1-3-36-23-13-18(12-21(29)26(23)37-16-25(33)31-20-9-6-7-17(2)11-20)14-24-27(34)32(28(35)38-24)15-19-8-4-5-10-22(19)30/h4-14H,3,15-16H2,1-2H3,(H,31,33)/b24-14-. The van der Waals surface area contributed by atoms with Gasteiger partial charge in [0.15, 0.2) is 18.1 Å².